The average Bonchev–Trinajstić information content (AvgIpc) is 2.99. The smallest absolute Gasteiger partial charge is 0.249 e. The van der Waals surface area contributed by atoms with Crippen LogP contribution < -0.4 is 15.5 Å². The molecule has 0 bridgehead atoms. The summed E-state index contributed by atoms with van der Waals surface area (Å²) in [6.07, 6.45) is 0. The van der Waals surface area contributed by atoms with Crippen LogP contribution >= 0.6 is 11.3 Å². The first-order chi connectivity index (χ1) is 12.5. The average molecular weight is 366 g/mol. The van der Waals surface area contributed by atoms with E-state index in [0.717, 1.165) is 26.6 Å². The molecule has 0 unspecified atom stereocenters. The maximum Gasteiger partial charge on any atom is 0.249 e. The molecule has 0 aliphatic carbocycles. The second-order valence-corrected chi connectivity index (χ2v) is 7.51. The molecule has 0 spiro atoms. The van der Waals surface area contributed by atoms with Crippen LogP contribution in [-0.4, -0.2) is 29.4 Å². The molecule has 3 aromatic rings. The van der Waals surface area contributed by atoms with Gasteiger partial charge in [-0.15, -0.1) is 11.3 Å². The van der Waals surface area contributed by atoms with Gasteiger partial charge in [-0.3, -0.25) is 14.5 Å². The topological polar surface area (TPSA) is 74.3 Å². The van der Waals surface area contributed by atoms with Crippen molar-refractivity contribution in [3.05, 3.63) is 47.5 Å². The zero-order chi connectivity index (χ0) is 18.3. The molecule has 2 N–H and O–H groups in total. The highest BCUT2D eigenvalue weighted by Crippen LogP contribution is 2.30. The van der Waals surface area contributed by atoms with Gasteiger partial charge >= 0.3 is 0 Å². The molecule has 2 amide bonds. The van der Waals surface area contributed by atoms with Gasteiger partial charge < -0.3 is 10.6 Å². The van der Waals surface area contributed by atoms with Gasteiger partial charge in [-0.05, 0) is 44.2 Å². The SMILES string of the molecule is Cc1nc2ccc(N[C@H](C)C(=O)N3CC(=O)Nc4ccccc43)cc2s1. The summed E-state index contributed by atoms with van der Waals surface area (Å²) in [4.78, 5) is 30.9. The van der Waals surface area contributed by atoms with Crippen LogP contribution in [-0.2, 0) is 9.59 Å². The lowest BCUT2D eigenvalue weighted by Gasteiger charge is -2.31. The Balaban J connectivity index is 1.56. The molecule has 4 rings (SSSR count). The van der Waals surface area contributed by atoms with E-state index in [4.69, 9.17) is 0 Å². The fourth-order valence-electron chi connectivity index (χ4n) is 3.10. The van der Waals surface area contributed by atoms with Gasteiger partial charge in [0.2, 0.25) is 11.8 Å². The van der Waals surface area contributed by atoms with E-state index >= 15 is 0 Å². The van der Waals surface area contributed by atoms with E-state index in [1.165, 1.54) is 4.90 Å². The summed E-state index contributed by atoms with van der Waals surface area (Å²) >= 11 is 1.62. The molecule has 0 radical (unpaired) electrons. The summed E-state index contributed by atoms with van der Waals surface area (Å²) in [7, 11) is 0. The highest BCUT2D eigenvalue weighted by atomic mass is 32.1. The number of hydrogen-bond donors (Lipinski definition) is 2. The minimum atomic E-state index is -0.472. The number of carbonyl (C=O) groups is 2. The highest BCUT2D eigenvalue weighted by molar-refractivity contribution is 7.18. The predicted octanol–water partition coefficient (Wildman–Crippen LogP) is 3.39. The Bertz CT molecular complexity index is 1010. The third-order valence-corrected chi connectivity index (χ3v) is 5.22. The molecule has 26 heavy (non-hydrogen) atoms. The molecule has 1 aromatic heterocycles. The van der Waals surface area contributed by atoms with E-state index in [9.17, 15) is 9.59 Å². The number of nitrogens with one attached hydrogen (secondary N) is 2. The highest BCUT2D eigenvalue weighted by Gasteiger charge is 2.29. The van der Waals surface area contributed by atoms with Crippen molar-refractivity contribution in [3.8, 4) is 0 Å². The van der Waals surface area contributed by atoms with Crippen molar-refractivity contribution in [2.45, 2.75) is 19.9 Å². The van der Waals surface area contributed by atoms with Crippen molar-refractivity contribution in [3.63, 3.8) is 0 Å². The van der Waals surface area contributed by atoms with Gasteiger partial charge in [0.15, 0.2) is 0 Å². The first-order valence-electron chi connectivity index (χ1n) is 8.35. The number of nitrogens with zero attached hydrogens (tertiary/aromatic N) is 2. The maximum absolute atomic E-state index is 13.0. The molecular weight excluding hydrogens is 348 g/mol. The van der Waals surface area contributed by atoms with Crippen molar-refractivity contribution < 1.29 is 9.59 Å². The number of anilines is 3. The molecule has 0 saturated heterocycles. The number of amides is 2. The van der Waals surface area contributed by atoms with Crippen LogP contribution in [0.4, 0.5) is 17.1 Å². The van der Waals surface area contributed by atoms with Crippen LogP contribution in [0.25, 0.3) is 10.2 Å². The van der Waals surface area contributed by atoms with Gasteiger partial charge in [0.25, 0.3) is 0 Å². The maximum atomic E-state index is 13.0. The van der Waals surface area contributed by atoms with Crippen molar-refractivity contribution >= 4 is 50.4 Å². The monoisotopic (exact) mass is 366 g/mol. The second-order valence-electron chi connectivity index (χ2n) is 6.27. The lowest BCUT2D eigenvalue weighted by Crippen LogP contribution is -2.47. The predicted molar refractivity (Wildman–Crippen MR) is 105 cm³/mol. The van der Waals surface area contributed by atoms with Crippen LogP contribution in [0.15, 0.2) is 42.5 Å². The number of carbonyl (C=O) groups excluding carboxylic acids is 2. The van der Waals surface area contributed by atoms with Crippen molar-refractivity contribution in [2.75, 3.05) is 22.1 Å². The number of benzene rings is 2. The van der Waals surface area contributed by atoms with E-state index in [-0.39, 0.29) is 18.4 Å². The Morgan fingerprint density at radius 1 is 1.31 bits per heavy atom. The first-order valence-corrected chi connectivity index (χ1v) is 9.17. The van der Waals surface area contributed by atoms with Gasteiger partial charge in [0.1, 0.15) is 12.6 Å². The molecule has 1 aliphatic rings. The Morgan fingerprint density at radius 2 is 2.12 bits per heavy atom. The largest absolute Gasteiger partial charge is 0.374 e. The van der Waals surface area contributed by atoms with E-state index in [1.807, 2.05) is 43.3 Å². The standard InChI is InChI=1S/C19H18N4O2S/c1-11(20-13-7-8-15-17(9-13)26-12(2)21-15)19(25)23-10-18(24)22-14-5-3-4-6-16(14)23/h3-9,11,20H,10H2,1-2H3,(H,22,24)/t11-/m1/s1. The molecule has 1 aliphatic heterocycles. The molecule has 0 saturated carbocycles. The van der Waals surface area contributed by atoms with Gasteiger partial charge in [-0.2, -0.15) is 0 Å². The van der Waals surface area contributed by atoms with Crippen molar-refractivity contribution in [1.82, 2.24) is 4.98 Å². The summed E-state index contributed by atoms with van der Waals surface area (Å²) in [5, 5.41) is 7.05. The molecular formula is C19H18N4O2S. The number of hydrogen-bond acceptors (Lipinski definition) is 5. The van der Waals surface area contributed by atoms with Crippen LogP contribution in [0.5, 0.6) is 0 Å². The van der Waals surface area contributed by atoms with Gasteiger partial charge in [-0.25, -0.2) is 4.98 Å². The number of fused-ring (bicyclic) bond motifs is 2. The number of para-hydroxylation sites is 2. The normalized spacial score (nSPS) is 14.7. The third kappa shape index (κ3) is 3.01. The number of rotatable bonds is 3. The van der Waals surface area contributed by atoms with Gasteiger partial charge in [-0.1, -0.05) is 12.1 Å². The number of aryl methyl sites for hydroxylation is 1. The van der Waals surface area contributed by atoms with E-state index in [0.29, 0.717) is 5.69 Å². The molecule has 7 heteroatoms. The lowest BCUT2D eigenvalue weighted by atomic mass is 10.1. The Kier molecular flexibility index (Phi) is 4.08. The van der Waals surface area contributed by atoms with Crippen LogP contribution in [0.1, 0.15) is 11.9 Å². The fraction of sp³-hybridized carbons (Fsp3) is 0.211. The molecule has 2 aromatic carbocycles. The summed E-state index contributed by atoms with van der Waals surface area (Å²) in [5.41, 5.74) is 3.19. The summed E-state index contributed by atoms with van der Waals surface area (Å²) < 4.78 is 1.08. The lowest BCUT2D eigenvalue weighted by molar-refractivity contribution is -0.122. The summed E-state index contributed by atoms with van der Waals surface area (Å²) in [5.74, 6) is -0.335. The Morgan fingerprint density at radius 3 is 2.96 bits per heavy atom. The van der Waals surface area contributed by atoms with Crippen molar-refractivity contribution in [2.24, 2.45) is 0 Å². The minimum Gasteiger partial charge on any atom is -0.374 e. The van der Waals surface area contributed by atoms with Crippen LogP contribution in [0.2, 0.25) is 0 Å². The zero-order valence-corrected chi connectivity index (χ0v) is 15.3. The first kappa shape index (κ1) is 16.5. The Labute approximate surface area is 154 Å². The summed E-state index contributed by atoms with van der Waals surface area (Å²) in [6, 6.07) is 12.7. The fourth-order valence-corrected chi connectivity index (χ4v) is 3.97. The zero-order valence-electron chi connectivity index (χ0n) is 14.4. The Hall–Kier alpha value is -2.93. The second kappa shape index (κ2) is 6.42. The van der Waals surface area contributed by atoms with Gasteiger partial charge in [0.05, 0.1) is 26.6 Å². The van der Waals surface area contributed by atoms with Gasteiger partial charge in [0, 0.05) is 5.69 Å². The number of aromatic nitrogens is 1. The minimum absolute atomic E-state index is 0.0228. The molecule has 132 valence electrons. The molecule has 1 atom stereocenters. The summed E-state index contributed by atoms with van der Waals surface area (Å²) in [6.45, 7) is 3.80. The molecule has 2 heterocycles. The number of thiazole rings is 1. The van der Waals surface area contributed by atoms with E-state index in [1.54, 1.807) is 24.3 Å². The van der Waals surface area contributed by atoms with Crippen LogP contribution in [0, 0.1) is 6.92 Å². The van der Waals surface area contributed by atoms with E-state index in [2.05, 4.69) is 15.6 Å². The van der Waals surface area contributed by atoms with E-state index < -0.39 is 6.04 Å². The van der Waals surface area contributed by atoms with Crippen LogP contribution in [0.3, 0.4) is 0 Å². The quantitative estimate of drug-likeness (QED) is 0.745. The van der Waals surface area contributed by atoms with Crippen molar-refractivity contribution in [1.29, 1.82) is 0 Å². The third-order valence-electron chi connectivity index (χ3n) is 4.29. The molecule has 0 fully saturated rings. The molecule has 6 nitrogen and oxygen atoms in total.